The molecule has 0 aliphatic carbocycles. The van der Waals surface area contributed by atoms with Crippen molar-refractivity contribution in [1.82, 2.24) is 10.0 Å². The molecule has 29 heavy (non-hydrogen) atoms. The van der Waals surface area contributed by atoms with Crippen LogP contribution in [-0.2, 0) is 14.8 Å². The Morgan fingerprint density at radius 3 is 2.76 bits per heavy atom. The van der Waals surface area contributed by atoms with Crippen LogP contribution in [0.3, 0.4) is 0 Å². The van der Waals surface area contributed by atoms with Crippen molar-refractivity contribution in [3.8, 4) is 11.5 Å². The molecule has 7 nitrogen and oxygen atoms in total. The highest BCUT2D eigenvalue weighted by Gasteiger charge is 2.23. The maximum absolute atomic E-state index is 12.6. The molecule has 154 valence electrons. The number of sulfonamides is 1. The summed E-state index contributed by atoms with van der Waals surface area (Å²) in [4.78, 5) is 13.6. The average Bonchev–Trinajstić information content (AvgIpc) is 2.97. The van der Waals surface area contributed by atoms with Gasteiger partial charge in [-0.15, -0.1) is 11.8 Å². The summed E-state index contributed by atoms with van der Waals surface area (Å²) < 4.78 is 38.7. The molecule has 4 rings (SSSR count). The van der Waals surface area contributed by atoms with E-state index < -0.39 is 10.0 Å². The molecule has 2 aliphatic rings. The number of fused-ring (bicyclic) bond motifs is 2. The van der Waals surface area contributed by atoms with E-state index in [-0.39, 0.29) is 23.4 Å². The number of rotatable bonds is 5. The van der Waals surface area contributed by atoms with Crippen molar-refractivity contribution < 1.29 is 22.7 Å². The monoisotopic (exact) mass is 434 g/mol. The van der Waals surface area contributed by atoms with Crippen LogP contribution < -0.4 is 19.5 Å². The van der Waals surface area contributed by atoms with Crippen molar-refractivity contribution in [3.05, 3.63) is 48.0 Å². The number of hydrogen-bond acceptors (Lipinski definition) is 6. The third kappa shape index (κ3) is 4.68. The summed E-state index contributed by atoms with van der Waals surface area (Å²) >= 11 is 1.76. The third-order valence-electron chi connectivity index (χ3n) is 4.75. The first-order valence-electron chi connectivity index (χ1n) is 9.43. The average molecular weight is 435 g/mol. The largest absolute Gasteiger partial charge is 0.490 e. The van der Waals surface area contributed by atoms with E-state index >= 15 is 0 Å². The van der Waals surface area contributed by atoms with Crippen molar-refractivity contribution in [2.24, 2.45) is 0 Å². The Hall–Kier alpha value is -2.23. The highest BCUT2D eigenvalue weighted by Crippen LogP contribution is 2.35. The lowest BCUT2D eigenvalue weighted by molar-refractivity contribution is -0.120. The lowest BCUT2D eigenvalue weighted by Crippen LogP contribution is -2.39. The van der Waals surface area contributed by atoms with E-state index in [0.29, 0.717) is 24.7 Å². The number of benzene rings is 2. The second-order valence-corrected chi connectivity index (χ2v) is 9.68. The minimum Gasteiger partial charge on any atom is -0.490 e. The molecule has 0 spiro atoms. The second kappa shape index (κ2) is 8.64. The van der Waals surface area contributed by atoms with Gasteiger partial charge in [-0.1, -0.05) is 18.2 Å². The van der Waals surface area contributed by atoms with Crippen molar-refractivity contribution in [2.45, 2.75) is 28.7 Å². The summed E-state index contributed by atoms with van der Waals surface area (Å²) in [6.07, 6.45) is 1.54. The van der Waals surface area contributed by atoms with Crippen molar-refractivity contribution >= 4 is 27.7 Å². The minimum atomic E-state index is -3.85. The standard InChI is InChI=1S/C20H22N2O5S2/c23-20(22-16-8-11-28-19-5-2-1-4-15(16)19)13-21-29(24,25)14-6-7-17-18(12-14)27-10-3-9-26-17/h1-2,4-7,12,16,21H,3,8-11,13H2,(H,22,23). The molecule has 0 radical (unpaired) electrons. The number of thioether (sulfide) groups is 1. The summed E-state index contributed by atoms with van der Waals surface area (Å²) in [6.45, 7) is 0.663. The first-order valence-corrected chi connectivity index (χ1v) is 11.9. The Balaban J connectivity index is 1.40. The normalized spacial score (nSPS) is 18.4. The van der Waals surface area contributed by atoms with E-state index in [9.17, 15) is 13.2 Å². The molecule has 0 fully saturated rings. The zero-order chi connectivity index (χ0) is 20.3. The van der Waals surface area contributed by atoms with E-state index in [0.717, 1.165) is 29.1 Å². The van der Waals surface area contributed by atoms with Gasteiger partial charge in [0.25, 0.3) is 0 Å². The van der Waals surface area contributed by atoms with Crippen molar-refractivity contribution in [1.29, 1.82) is 0 Å². The van der Waals surface area contributed by atoms with Gasteiger partial charge in [0.2, 0.25) is 15.9 Å². The quantitative estimate of drug-likeness (QED) is 0.751. The maximum atomic E-state index is 12.6. The van der Waals surface area contributed by atoms with Crippen LogP contribution in [-0.4, -0.2) is 39.8 Å². The fourth-order valence-corrected chi connectivity index (χ4v) is 5.41. The number of hydrogen-bond donors (Lipinski definition) is 2. The molecule has 2 N–H and O–H groups in total. The molecular formula is C20H22N2O5S2. The van der Waals surface area contributed by atoms with Gasteiger partial charge in [0.15, 0.2) is 11.5 Å². The molecule has 1 unspecified atom stereocenters. The number of amides is 1. The van der Waals surface area contributed by atoms with Gasteiger partial charge in [-0.3, -0.25) is 4.79 Å². The van der Waals surface area contributed by atoms with Crippen LogP contribution in [0.2, 0.25) is 0 Å². The van der Waals surface area contributed by atoms with Gasteiger partial charge in [0.1, 0.15) is 0 Å². The highest BCUT2D eigenvalue weighted by atomic mass is 32.2. The predicted octanol–water partition coefficient (Wildman–Crippen LogP) is 2.48. The summed E-state index contributed by atoms with van der Waals surface area (Å²) in [5, 5.41) is 2.93. The van der Waals surface area contributed by atoms with Crippen LogP contribution in [0, 0.1) is 0 Å². The van der Waals surface area contributed by atoms with Gasteiger partial charge in [-0.2, -0.15) is 0 Å². The lowest BCUT2D eigenvalue weighted by atomic mass is 10.0. The SMILES string of the molecule is O=C(CNS(=O)(=O)c1ccc2c(c1)OCCCO2)NC1CCSc2ccccc21. The number of nitrogens with one attached hydrogen (secondary N) is 2. The molecule has 0 bridgehead atoms. The third-order valence-corrected chi connectivity index (χ3v) is 7.27. The summed E-state index contributed by atoms with van der Waals surface area (Å²) in [5.41, 5.74) is 1.07. The van der Waals surface area contributed by atoms with Gasteiger partial charge in [0.05, 0.1) is 30.7 Å². The molecule has 0 saturated carbocycles. The molecule has 2 aromatic carbocycles. The molecule has 0 aromatic heterocycles. The van der Waals surface area contributed by atoms with Crippen LogP contribution in [0.1, 0.15) is 24.4 Å². The molecule has 2 aliphatic heterocycles. The summed E-state index contributed by atoms with van der Waals surface area (Å²) in [5.74, 6) is 1.46. The van der Waals surface area contributed by atoms with Gasteiger partial charge in [-0.25, -0.2) is 13.1 Å². The maximum Gasteiger partial charge on any atom is 0.241 e. The van der Waals surface area contributed by atoms with Gasteiger partial charge in [0, 0.05) is 23.1 Å². The first-order chi connectivity index (χ1) is 14.0. The Bertz CT molecular complexity index is 1010. The Kier molecular flexibility index (Phi) is 5.98. The van der Waals surface area contributed by atoms with Crippen LogP contribution in [0.15, 0.2) is 52.3 Å². The zero-order valence-electron chi connectivity index (χ0n) is 15.7. The Labute approximate surface area is 174 Å². The van der Waals surface area contributed by atoms with Crippen LogP contribution in [0.25, 0.3) is 0 Å². The number of carbonyl (C=O) groups excluding carboxylic acids is 1. The van der Waals surface area contributed by atoms with Crippen LogP contribution in [0.4, 0.5) is 0 Å². The molecule has 0 saturated heterocycles. The van der Waals surface area contributed by atoms with Crippen molar-refractivity contribution in [3.63, 3.8) is 0 Å². The van der Waals surface area contributed by atoms with E-state index in [1.165, 1.54) is 12.1 Å². The Morgan fingerprint density at radius 2 is 1.90 bits per heavy atom. The van der Waals surface area contributed by atoms with Crippen LogP contribution >= 0.6 is 11.8 Å². The number of carbonyl (C=O) groups is 1. The minimum absolute atomic E-state index is 0.0361. The first kappa shape index (κ1) is 20.1. The molecular weight excluding hydrogens is 412 g/mol. The Morgan fingerprint density at radius 1 is 1.10 bits per heavy atom. The zero-order valence-corrected chi connectivity index (χ0v) is 17.4. The van der Waals surface area contributed by atoms with Crippen LogP contribution in [0.5, 0.6) is 11.5 Å². The van der Waals surface area contributed by atoms with Gasteiger partial charge < -0.3 is 14.8 Å². The number of ether oxygens (including phenoxy) is 2. The smallest absolute Gasteiger partial charge is 0.241 e. The molecule has 9 heteroatoms. The van der Waals surface area contributed by atoms with E-state index in [1.54, 1.807) is 17.8 Å². The topological polar surface area (TPSA) is 93.7 Å². The fraction of sp³-hybridized carbons (Fsp3) is 0.350. The second-order valence-electron chi connectivity index (χ2n) is 6.78. The van der Waals surface area contributed by atoms with E-state index in [4.69, 9.17) is 9.47 Å². The van der Waals surface area contributed by atoms with E-state index in [1.807, 2.05) is 24.3 Å². The van der Waals surface area contributed by atoms with Gasteiger partial charge in [-0.05, 0) is 30.2 Å². The molecule has 2 heterocycles. The predicted molar refractivity (Wildman–Crippen MR) is 110 cm³/mol. The summed E-state index contributed by atoms with van der Waals surface area (Å²) in [6, 6.07) is 12.3. The van der Waals surface area contributed by atoms with Gasteiger partial charge >= 0.3 is 0 Å². The van der Waals surface area contributed by atoms with Crippen molar-refractivity contribution in [2.75, 3.05) is 25.5 Å². The summed E-state index contributed by atoms with van der Waals surface area (Å²) in [7, 11) is -3.85. The van der Waals surface area contributed by atoms with E-state index in [2.05, 4.69) is 10.0 Å². The molecule has 1 atom stereocenters. The molecule has 1 amide bonds. The molecule has 2 aromatic rings. The lowest BCUT2D eigenvalue weighted by Gasteiger charge is -2.25. The fourth-order valence-electron chi connectivity index (χ4n) is 3.29. The highest BCUT2D eigenvalue weighted by molar-refractivity contribution is 7.99.